The van der Waals surface area contributed by atoms with E-state index in [0.29, 0.717) is 12.0 Å². The van der Waals surface area contributed by atoms with E-state index in [9.17, 15) is 5.11 Å². The van der Waals surface area contributed by atoms with Crippen molar-refractivity contribution in [3.63, 3.8) is 0 Å². The van der Waals surface area contributed by atoms with E-state index < -0.39 is 6.10 Å². The van der Waals surface area contributed by atoms with E-state index in [1.54, 1.807) is 0 Å². The van der Waals surface area contributed by atoms with Gasteiger partial charge in [-0.3, -0.25) is 9.97 Å². The normalized spacial score (nSPS) is 12.4. The highest BCUT2D eigenvalue weighted by molar-refractivity contribution is 6.31. The van der Waals surface area contributed by atoms with Gasteiger partial charge < -0.3 is 13.9 Å². The Labute approximate surface area is 402 Å². The molecule has 0 spiro atoms. The molecule has 0 aliphatic heterocycles. The van der Waals surface area contributed by atoms with Crippen molar-refractivity contribution >= 4 is 87.0 Å². The minimum absolute atomic E-state index is 0.556. The van der Waals surface area contributed by atoms with Crippen molar-refractivity contribution in [3.05, 3.63) is 218 Å². The van der Waals surface area contributed by atoms with E-state index in [0.717, 1.165) is 137 Å². The molecule has 4 heterocycles. The average molecular weight is 899 g/mol. The summed E-state index contributed by atoms with van der Waals surface area (Å²) in [4.78, 5) is 9.06. The molecule has 0 fully saturated rings. The highest BCUT2D eigenvalue weighted by Crippen LogP contribution is 2.49. The number of hydrogen-bond donors (Lipinski definition) is 1. The number of nitrogens with zero attached hydrogens (tertiary/aromatic N) is 2. The monoisotopic (exact) mass is 898 g/mol. The fraction of sp³-hybridized carbons (Fsp3) is 0.0462. The van der Waals surface area contributed by atoms with Crippen LogP contribution >= 0.6 is 0 Å². The van der Waals surface area contributed by atoms with Gasteiger partial charge in [-0.05, 0) is 156 Å². The van der Waals surface area contributed by atoms with E-state index >= 15 is 0 Å². The molecule has 1 N–H and O–H groups in total. The Morgan fingerprint density at radius 2 is 0.814 bits per heavy atom. The summed E-state index contributed by atoms with van der Waals surface area (Å²) in [6.07, 6.45) is 7.33. The topological polar surface area (TPSA) is 72.3 Å². The van der Waals surface area contributed by atoms with E-state index in [2.05, 4.69) is 186 Å². The van der Waals surface area contributed by atoms with Crippen LogP contribution in [0.2, 0.25) is 0 Å². The molecule has 1 atom stereocenters. The van der Waals surface area contributed by atoms with Crippen LogP contribution in [0, 0.1) is 0 Å². The minimum atomic E-state index is -0.699. The minimum Gasteiger partial charge on any atom is -0.455 e. The number of furan rings is 2. The molecule has 5 nitrogen and oxygen atoms in total. The van der Waals surface area contributed by atoms with Crippen molar-refractivity contribution in [3.8, 4) is 55.6 Å². The first-order valence-corrected chi connectivity index (χ1v) is 23.9. The molecule has 5 heteroatoms. The second-order valence-electron chi connectivity index (χ2n) is 18.5. The van der Waals surface area contributed by atoms with Gasteiger partial charge in [-0.15, -0.1) is 0 Å². The third-order valence-corrected chi connectivity index (χ3v) is 14.4. The summed E-state index contributed by atoms with van der Waals surface area (Å²) < 4.78 is 14.4. The second-order valence-corrected chi connectivity index (χ2v) is 18.5. The second kappa shape index (κ2) is 15.8. The fourth-order valence-electron chi connectivity index (χ4n) is 11.1. The van der Waals surface area contributed by atoms with Crippen molar-refractivity contribution in [2.45, 2.75) is 19.4 Å². The smallest absolute Gasteiger partial charge is 0.143 e. The van der Waals surface area contributed by atoms with Crippen LogP contribution in [0.5, 0.6) is 0 Å². The number of hydrogen-bond acceptors (Lipinski definition) is 5. The zero-order chi connectivity index (χ0) is 46.5. The molecular formula is C65H42N2O3. The molecule has 4 aromatic heterocycles. The highest BCUT2D eigenvalue weighted by atomic mass is 16.3. The zero-order valence-corrected chi connectivity index (χ0v) is 38.1. The van der Waals surface area contributed by atoms with Gasteiger partial charge in [-0.1, -0.05) is 122 Å². The Morgan fingerprint density at radius 1 is 0.386 bits per heavy atom. The van der Waals surface area contributed by atoms with E-state index in [1.807, 2.05) is 43.8 Å². The fourth-order valence-corrected chi connectivity index (χ4v) is 11.1. The first-order chi connectivity index (χ1) is 34.6. The van der Waals surface area contributed by atoms with Crippen LogP contribution in [-0.4, -0.2) is 15.1 Å². The van der Waals surface area contributed by atoms with E-state index in [1.165, 1.54) is 5.39 Å². The number of benzene rings is 10. The maximum absolute atomic E-state index is 11.6. The van der Waals surface area contributed by atoms with Crippen LogP contribution in [-0.2, 0) is 0 Å². The molecule has 0 aliphatic carbocycles. The van der Waals surface area contributed by atoms with Gasteiger partial charge >= 0.3 is 0 Å². The summed E-state index contributed by atoms with van der Waals surface area (Å²) in [5.41, 5.74) is 14.1. The Morgan fingerprint density at radius 3 is 1.34 bits per heavy atom. The standard InChI is InChI=1S/C65H42N2O3/c1-2-57(68)56-35-41-16-6-10-22-53(41)62-61-52-21-9-5-15-40(52)34-55(64(61)70-65(56)62)49-31-47(46-28-44(42-17-11-25-66-36-42)27-45(29-46)43-18-12-26-67-37-43)30-48(32-49)54-33-39-14-4-8-20-51(39)60-59-50-19-7-3-13-38(50)23-24-58(59)69-63(54)60/h3-37,57,68H,2H2,1H3. The predicted molar refractivity (Wildman–Crippen MR) is 289 cm³/mol. The predicted octanol–water partition coefficient (Wildman–Crippen LogP) is 17.7. The zero-order valence-electron chi connectivity index (χ0n) is 38.1. The maximum Gasteiger partial charge on any atom is 0.143 e. The first-order valence-electron chi connectivity index (χ1n) is 23.9. The van der Waals surface area contributed by atoms with Gasteiger partial charge in [0.15, 0.2) is 0 Å². The van der Waals surface area contributed by atoms with Gasteiger partial charge in [0.1, 0.15) is 22.3 Å². The summed E-state index contributed by atoms with van der Waals surface area (Å²) >= 11 is 0. The Bertz CT molecular complexity index is 4360. The summed E-state index contributed by atoms with van der Waals surface area (Å²) in [5, 5.41) is 24.9. The van der Waals surface area contributed by atoms with Crippen molar-refractivity contribution in [1.82, 2.24) is 9.97 Å². The molecule has 1 unspecified atom stereocenters. The number of aliphatic hydroxyl groups is 1. The largest absolute Gasteiger partial charge is 0.455 e. The molecule has 330 valence electrons. The lowest BCUT2D eigenvalue weighted by molar-refractivity contribution is 0.174. The van der Waals surface area contributed by atoms with Crippen LogP contribution in [0.3, 0.4) is 0 Å². The van der Waals surface area contributed by atoms with Crippen LogP contribution in [0.15, 0.2) is 222 Å². The van der Waals surface area contributed by atoms with Crippen molar-refractivity contribution in [1.29, 1.82) is 0 Å². The molecule has 0 radical (unpaired) electrons. The van der Waals surface area contributed by atoms with E-state index in [-0.39, 0.29) is 0 Å². The lowest BCUT2D eigenvalue weighted by Crippen LogP contribution is -1.96. The number of pyridine rings is 2. The first kappa shape index (κ1) is 40.2. The Balaban J connectivity index is 1.13. The molecule has 0 saturated heterocycles. The molecule has 70 heavy (non-hydrogen) atoms. The van der Waals surface area contributed by atoms with Crippen LogP contribution in [0.4, 0.5) is 0 Å². The molecule has 0 amide bonds. The molecule has 0 bridgehead atoms. The average Bonchev–Trinajstić information content (AvgIpc) is 4.04. The maximum atomic E-state index is 11.6. The molecular weight excluding hydrogens is 857 g/mol. The lowest BCUT2D eigenvalue weighted by atomic mass is 9.88. The summed E-state index contributed by atoms with van der Waals surface area (Å²) in [5.74, 6) is 0. The third kappa shape index (κ3) is 6.29. The number of rotatable bonds is 7. The highest BCUT2D eigenvalue weighted by Gasteiger charge is 2.25. The van der Waals surface area contributed by atoms with Gasteiger partial charge in [0.25, 0.3) is 0 Å². The van der Waals surface area contributed by atoms with Crippen molar-refractivity contribution < 1.29 is 13.9 Å². The molecule has 10 aromatic carbocycles. The summed E-state index contributed by atoms with van der Waals surface area (Å²) in [6.45, 7) is 2.01. The van der Waals surface area contributed by atoms with Crippen molar-refractivity contribution in [2.75, 3.05) is 0 Å². The molecule has 14 rings (SSSR count). The van der Waals surface area contributed by atoms with Gasteiger partial charge in [-0.25, -0.2) is 0 Å². The Hall–Kier alpha value is -8.90. The summed E-state index contributed by atoms with van der Waals surface area (Å²) in [6, 6.07) is 67.1. The van der Waals surface area contributed by atoms with Crippen LogP contribution in [0.25, 0.3) is 143 Å². The van der Waals surface area contributed by atoms with Crippen LogP contribution < -0.4 is 0 Å². The molecule has 14 aromatic rings. The van der Waals surface area contributed by atoms with Crippen molar-refractivity contribution in [2.24, 2.45) is 0 Å². The van der Waals surface area contributed by atoms with Gasteiger partial charge in [-0.2, -0.15) is 0 Å². The SMILES string of the molecule is CCC(O)c1cc2ccccc2c2c1oc1c(-c3cc(-c4cc(-c5cccnc5)cc(-c5cccnc5)c4)cc(-c4cc5ccccc5c5c4oc4ccc6ccccc6c45)c3)cc3ccccc3c12. The molecule has 0 aliphatic rings. The Kier molecular flexibility index (Phi) is 9.10. The van der Waals surface area contributed by atoms with Gasteiger partial charge in [0.2, 0.25) is 0 Å². The van der Waals surface area contributed by atoms with Gasteiger partial charge in [0.05, 0.1) is 6.10 Å². The quantitative estimate of drug-likeness (QED) is 0.173. The van der Waals surface area contributed by atoms with E-state index in [4.69, 9.17) is 8.83 Å². The number of aromatic nitrogens is 2. The van der Waals surface area contributed by atoms with Crippen LogP contribution in [0.1, 0.15) is 25.0 Å². The summed E-state index contributed by atoms with van der Waals surface area (Å²) in [7, 11) is 0. The number of fused-ring (bicyclic) bond motifs is 14. The lowest BCUT2D eigenvalue weighted by Gasteiger charge is -2.16. The number of aliphatic hydroxyl groups excluding tert-OH is 1. The molecule has 0 saturated carbocycles. The third-order valence-electron chi connectivity index (χ3n) is 14.4. The van der Waals surface area contributed by atoms with Gasteiger partial charge in [0, 0.05) is 74.1 Å².